The summed E-state index contributed by atoms with van der Waals surface area (Å²) in [5.74, 6) is 0. The molecule has 0 spiro atoms. The molecule has 1 aliphatic rings. The summed E-state index contributed by atoms with van der Waals surface area (Å²) in [7, 11) is 0. The molecule has 0 fully saturated rings. The molecule has 0 bridgehead atoms. The van der Waals surface area contributed by atoms with Crippen molar-refractivity contribution in [1.29, 1.82) is 0 Å². The second-order valence-corrected chi connectivity index (χ2v) is 16.8. The molecule has 1 aliphatic carbocycles. The third-order valence-electron chi connectivity index (χ3n) is 12.7. The SMILES string of the molecule is CC1(c2ccccc2)c2ccccc2-c2ccc(N(c3ccc(-c4cccc5c4sc4ccccc45)cc3)c3ccc4c5ccccc5c5ccccc5c4c3)cc21. The summed E-state index contributed by atoms with van der Waals surface area (Å²) < 4.78 is 2.66. The molecule has 0 radical (unpaired) electrons. The average Bonchev–Trinajstić information content (AvgIpc) is 3.80. The topological polar surface area (TPSA) is 3.24 Å². The Balaban J connectivity index is 1.08. The van der Waals surface area contributed by atoms with E-state index in [9.17, 15) is 0 Å². The van der Waals surface area contributed by atoms with E-state index in [4.69, 9.17) is 0 Å². The van der Waals surface area contributed by atoms with E-state index in [-0.39, 0.29) is 5.41 Å². The predicted octanol–water partition coefficient (Wildman–Crippen LogP) is 16.0. The number of rotatable bonds is 5. The molecule has 0 amide bonds. The number of anilines is 3. The summed E-state index contributed by atoms with van der Waals surface area (Å²) in [4.78, 5) is 2.46. The van der Waals surface area contributed by atoms with Crippen LogP contribution in [-0.4, -0.2) is 0 Å². The van der Waals surface area contributed by atoms with Gasteiger partial charge in [0.15, 0.2) is 0 Å². The van der Waals surface area contributed by atoms with E-state index in [2.05, 4.69) is 218 Å². The molecule has 1 nitrogen and oxygen atoms in total. The van der Waals surface area contributed by atoms with Gasteiger partial charge in [0.05, 0.1) is 0 Å². The van der Waals surface area contributed by atoms with Crippen LogP contribution in [0.4, 0.5) is 17.1 Å². The fourth-order valence-electron chi connectivity index (χ4n) is 9.95. The summed E-state index contributed by atoms with van der Waals surface area (Å²) in [6.07, 6.45) is 0. The van der Waals surface area contributed by atoms with Crippen molar-refractivity contribution in [2.45, 2.75) is 12.3 Å². The van der Waals surface area contributed by atoms with Crippen LogP contribution >= 0.6 is 11.3 Å². The highest BCUT2D eigenvalue weighted by molar-refractivity contribution is 7.26. The minimum absolute atomic E-state index is 0.305. The molecule has 1 unspecified atom stereocenters. The molecule has 1 aromatic heterocycles. The minimum atomic E-state index is -0.305. The first-order valence-corrected chi connectivity index (χ1v) is 20.9. The van der Waals surface area contributed by atoms with Crippen molar-refractivity contribution in [2.75, 3.05) is 4.90 Å². The Hall–Kier alpha value is -7.00. The van der Waals surface area contributed by atoms with Crippen LogP contribution in [0.25, 0.3) is 74.7 Å². The molecule has 2 heteroatoms. The maximum Gasteiger partial charge on any atom is 0.0468 e. The first-order chi connectivity index (χ1) is 28.6. The number of thiophene rings is 1. The van der Waals surface area contributed by atoms with Crippen molar-refractivity contribution in [3.63, 3.8) is 0 Å². The van der Waals surface area contributed by atoms with Crippen LogP contribution in [0.15, 0.2) is 206 Å². The molecule has 0 saturated carbocycles. The van der Waals surface area contributed by atoms with Crippen LogP contribution in [0.2, 0.25) is 0 Å². The maximum atomic E-state index is 2.46. The second kappa shape index (κ2) is 12.8. The fraction of sp³-hybridized carbons (Fsp3) is 0.0357. The molecule has 1 heterocycles. The van der Waals surface area contributed by atoms with Crippen molar-refractivity contribution in [1.82, 2.24) is 0 Å². The highest BCUT2D eigenvalue weighted by Gasteiger charge is 2.41. The van der Waals surface area contributed by atoms with Crippen LogP contribution in [0.3, 0.4) is 0 Å². The van der Waals surface area contributed by atoms with Crippen molar-refractivity contribution < 1.29 is 0 Å². The van der Waals surface area contributed by atoms with E-state index in [1.807, 2.05) is 11.3 Å². The minimum Gasteiger partial charge on any atom is -0.310 e. The van der Waals surface area contributed by atoms with Gasteiger partial charge >= 0.3 is 0 Å². The van der Waals surface area contributed by atoms with E-state index >= 15 is 0 Å². The summed E-state index contributed by atoms with van der Waals surface area (Å²) >= 11 is 1.88. The molecule has 0 aliphatic heterocycles. The van der Waals surface area contributed by atoms with E-state index in [0.29, 0.717) is 0 Å². The third kappa shape index (κ3) is 4.82. The van der Waals surface area contributed by atoms with Gasteiger partial charge in [0.2, 0.25) is 0 Å². The molecule has 58 heavy (non-hydrogen) atoms. The Bertz CT molecular complexity index is 3380. The van der Waals surface area contributed by atoms with E-state index in [0.717, 1.165) is 17.1 Å². The van der Waals surface area contributed by atoms with Gasteiger partial charge in [-0.15, -0.1) is 11.3 Å². The monoisotopic (exact) mass is 755 g/mol. The van der Waals surface area contributed by atoms with Gasteiger partial charge in [0.1, 0.15) is 0 Å². The van der Waals surface area contributed by atoms with E-state index < -0.39 is 0 Å². The average molecular weight is 756 g/mol. The van der Waals surface area contributed by atoms with Crippen molar-refractivity contribution in [3.05, 3.63) is 223 Å². The predicted molar refractivity (Wildman–Crippen MR) is 249 cm³/mol. The molecule has 11 aromatic rings. The van der Waals surface area contributed by atoms with Crippen LogP contribution in [0.1, 0.15) is 23.6 Å². The molecule has 10 aromatic carbocycles. The van der Waals surface area contributed by atoms with E-state index in [1.54, 1.807) is 0 Å². The Kier molecular flexibility index (Phi) is 7.30. The smallest absolute Gasteiger partial charge is 0.0468 e. The first-order valence-electron chi connectivity index (χ1n) is 20.1. The molecule has 0 saturated heterocycles. The molecular formula is C56H37NS. The third-order valence-corrected chi connectivity index (χ3v) is 14.0. The first kappa shape index (κ1) is 33.2. The van der Waals surface area contributed by atoms with Gasteiger partial charge in [-0.2, -0.15) is 0 Å². The lowest BCUT2D eigenvalue weighted by molar-refractivity contribution is 0.714. The molecule has 272 valence electrons. The largest absolute Gasteiger partial charge is 0.310 e. The van der Waals surface area contributed by atoms with Gasteiger partial charge in [-0.05, 0) is 121 Å². The van der Waals surface area contributed by atoms with Gasteiger partial charge in [0, 0.05) is 42.6 Å². The van der Waals surface area contributed by atoms with Crippen LogP contribution in [0, 0.1) is 0 Å². The highest BCUT2D eigenvalue weighted by atomic mass is 32.1. The lowest BCUT2D eigenvalue weighted by Crippen LogP contribution is -2.22. The zero-order valence-corrected chi connectivity index (χ0v) is 32.8. The van der Waals surface area contributed by atoms with Crippen molar-refractivity contribution in [2.24, 2.45) is 0 Å². The molecular weight excluding hydrogens is 719 g/mol. The number of hydrogen-bond acceptors (Lipinski definition) is 2. The summed E-state index contributed by atoms with van der Waals surface area (Å²) in [5, 5.41) is 10.3. The van der Waals surface area contributed by atoms with Gasteiger partial charge in [-0.3, -0.25) is 0 Å². The zero-order valence-electron chi connectivity index (χ0n) is 32.0. The lowest BCUT2D eigenvalue weighted by Gasteiger charge is -2.31. The Morgan fingerprint density at radius 3 is 1.66 bits per heavy atom. The van der Waals surface area contributed by atoms with Gasteiger partial charge in [-0.25, -0.2) is 0 Å². The van der Waals surface area contributed by atoms with Crippen LogP contribution in [0.5, 0.6) is 0 Å². The number of benzene rings is 10. The van der Waals surface area contributed by atoms with E-state index in [1.165, 1.54) is 91.4 Å². The molecule has 1 atom stereocenters. The van der Waals surface area contributed by atoms with Crippen LogP contribution < -0.4 is 4.90 Å². The van der Waals surface area contributed by atoms with Crippen molar-refractivity contribution >= 4 is 80.9 Å². The Morgan fingerprint density at radius 1 is 0.362 bits per heavy atom. The zero-order chi connectivity index (χ0) is 38.4. The number of hydrogen-bond donors (Lipinski definition) is 0. The second-order valence-electron chi connectivity index (χ2n) is 15.8. The lowest BCUT2D eigenvalue weighted by atomic mass is 9.74. The van der Waals surface area contributed by atoms with Gasteiger partial charge < -0.3 is 4.90 Å². The number of fused-ring (bicyclic) bond motifs is 12. The van der Waals surface area contributed by atoms with Crippen LogP contribution in [-0.2, 0) is 5.41 Å². The summed E-state index contributed by atoms with van der Waals surface area (Å²) in [5.41, 5.74) is 12.2. The maximum absolute atomic E-state index is 2.46. The molecule has 0 N–H and O–H groups in total. The molecule has 12 rings (SSSR count). The Labute approximate surface area is 341 Å². The number of nitrogens with zero attached hydrogens (tertiary/aromatic N) is 1. The standard InChI is InChI=1S/C56H37NS/c1-56(37-14-3-2-4-15-37)52-24-11-9-20-47(52)48-33-31-40(35-53(48)56)57(39-30-32-46-44-18-6-5-16-42(44)43-17-7-8-19-45(43)51(46)34-39)38-28-26-36(27-29-38)41-22-13-23-50-49-21-10-12-25-54(49)58-55(41)50/h2-35H,1H3. The fourth-order valence-corrected chi connectivity index (χ4v) is 11.2. The highest BCUT2D eigenvalue weighted by Crippen LogP contribution is 2.54. The van der Waals surface area contributed by atoms with Crippen molar-refractivity contribution in [3.8, 4) is 22.3 Å². The summed E-state index contributed by atoms with van der Waals surface area (Å²) in [6, 6.07) is 76.6. The van der Waals surface area contributed by atoms with Gasteiger partial charge in [0.25, 0.3) is 0 Å². The summed E-state index contributed by atoms with van der Waals surface area (Å²) in [6.45, 7) is 2.40. The Morgan fingerprint density at radius 2 is 0.897 bits per heavy atom. The normalized spacial score (nSPS) is 14.7. The van der Waals surface area contributed by atoms with Gasteiger partial charge in [-0.1, -0.05) is 164 Å². The quantitative estimate of drug-likeness (QED) is 0.158.